The van der Waals surface area contributed by atoms with Crippen LogP contribution in [0.1, 0.15) is 38.2 Å². The van der Waals surface area contributed by atoms with E-state index in [-0.39, 0.29) is 5.91 Å². The molecule has 1 aliphatic rings. The van der Waals surface area contributed by atoms with Crippen LogP contribution in [0.25, 0.3) is 0 Å². The van der Waals surface area contributed by atoms with Crippen LogP contribution in [-0.4, -0.2) is 23.9 Å². The Hall–Kier alpha value is -1.51. The van der Waals surface area contributed by atoms with E-state index in [1.807, 2.05) is 29.2 Å². The third-order valence-electron chi connectivity index (χ3n) is 4.17. The van der Waals surface area contributed by atoms with Crippen molar-refractivity contribution in [1.82, 2.24) is 4.90 Å². The van der Waals surface area contributed by atoms with Gasteiger partial charge in [-0.05, 0) is 36.8 Å². The van der Waals surface area contributed by atoms with Crippen molar-refractivity contribution in [3.05, 3.63) is 29.8 Å². The van der Waals surface area contributed by atoms with E-state index >= 15 is 0 Å². The number of nitrogens with zero attached hydrogens (tertiary/aromatic N) is 1. The lowest BCUT2D eigenvalue weighted by Crippen LogP contribution is -2.33. The summed E-state index contributed by atoms with van der Waals surface area (Å²) in [7, 11) is 0. The van der Waals surface area contributed by atoms with E-state index in [2.05, 4.69) is 6.92 Å². The fourth-order valence-corrected chi connectivity index (χ4v) is 2.79. The number of para-hydroxylation sites is 1. The summed E-state index contributed by atoms with van der Waals surface area (Å²) in [6, 6.07) is 7.65. The molecular weight excluding hydrogens is 236 g/mol. The van der Waals surface area contributed by atoms with Gasteiger partial charge >= 0.3 is 0 Å². The zero-order chi connectivity index (χ0) is 13.7. The molecule has 0 saturated carbocycles. The van der Waals surface area contributed by atoms with E-state index in [0.29, 0.717) is 6.42 Å². The number of nitrogen functional groups attached to an aromatic ring is 1. The second-order valence-electron chi connectivity index (χ2n) is 5.46. The largest absolute Gasteiger partial charge is 0.398 e. The summed E-state index contributed by atoms with van der Waals surface area (Å²) < 4.78 is 0. The second-order valence-corrected chi connectivity index (χ2v) is 5.46. The van der Waals surface area contributed by atoms with Crippen LogP contribution in [0.2, 0.25) is 0 Å². The number of benzene rings is 1. The third-order valence-corrected chi connectivity index (χ3v) is 4.17. The number of rotatable bonds is 3. The van der Waals surface area contributed by atoms with Crippen LogP contribution in [0.15, 0.2) is 24.3 Å². The first-order valence-electron chi connectivity index (χ1n) is 7.32. The monoisotopic (exact) mass is 260 g/mol. The molecule has 104 valence electrons. The first-order valence-corrected chi connectivity index (χ1v) is 7.32. The maximum atomic E-state index is 12.3. The highest BCUT2D eigenvalue weighted by Crippen LogP contribution is 2.21. The Morgan fingerprint density at radius 1 is 1.32 bits per heavy atom. The van der Waals surface area contributed by atoms with Crippen LogP contribution in [0.4, 0.5) is 5.69 Å². The first kappa shape index (κ1) is 13.9. The van der Waals surface area contributed by atoms with Crippen LogP contribution < -0.4 is 5.73 Å². The van der Waals surface area contributed by atoms with Gasteiger partial charge in [0.2, 0.25) is 5.91 Å². The average molecular weight is 260 g/mol. The average Bonchev–Trinajstić information content (AvgIpc) is 2.66. The van der Waals surface area contributed by atoms with E-state index in [9.17, 15) is 4.79 Å². The van der Waals surface area contributed by atoms with Gasteiger partial charge in [0.1, 0.15) is 0 Å². The summed E-state index contributed by atoms with van der Waals surface area (Å²) in [4.78, 5) is 14.4. The quantitative estimate of drug-likeness (QED) is 0.849. The van der Waals surface area contributed by atoms with E-state index in [1.54, 1.807) is 0 Å². The Bertz CT molecular complexity index is 431. The summed E-state index contributed by atoms with van der Waals surface area (Å²) in [5.41, 5.74) is 7.57. The van der Waals surface area contributed by atoms with Gasteiger partial charge in [0.25, 0.3) is 0 Å². The zero-order valence-corrected chi connectivity index (χ0v) is 11.8. The maximum Gasteiger partial charge on any atom is 0.227 e. The minimum absolute atomic E-state index is 0.217. The molecule has 1 amide bonds. The van der Waals surface area contributed by atoms with Gasteiger partial charge in [-0.2, -0.15) is 0 Å². The Morgan fingerprint density at radius 3 is 2.84 bits per heavy atom. The van der Waals surface area contributed by atoms with Gasteiger partial charge in [0.05, 0.1) is 6.42 Å². The number of nitrogens with two attached hydrogens (primary N) is 1. The van der Waals surface area contributed by atoms with Crippen molar-refractivity contribution in [2.75, 3.05) is 18.8 Å². The number of hydrogen-bond acceptors (Lipinski definition) is 2. The van der Waals surface area contributed by atoms with Gasteiger partial charge in [0.15, 0.2) is 0 Å². The Balaban J connectivity index is 1.95. The van der Waals surface area contributed by atoms with Crippen LogP contribution in [0, 0.1) is 5.92 Å². The highest BCUT2D eigenvalue weighted by molar-refractivity contribution is 5.80. The minimum atomic E-state index is 0.217. The van der Waals surface area contributed by atoms with Crippen molar-refractivity contribution < 1.29 is 4.79 Å². The lowest BCUT2D eigenvalue weighted by Gasteiger charge is -2.21. The molecule has 0 radical (unpaired) electrons. The lowest BCUT2D eigenvalue weighted by molar-refractivity contribution is -0.130. The molecule has 2 rings (SSSR count). The predicted octanol–water partition coefficient (Wildman–Crippen LogP) is 2.85. The molecule has 0 aromatic heterocycles. The topological polar surface area (TPSA) is 46.3 Å². The summed E-state index contributed by atoms with van der Waals surface area (Å²) in [6.07, 6.45) is 5.20. The van der Waals surface area contributed by atoms with Gasteiger partial charge in [-0.3, -0.25) is 4.79 Å². The highest BCUT2D eigenvalue weighted by Gasteiger charge is 2.20. The number of amides is 1. The molecule has 0 bridgehead atoms. The van der Waals surface area contributed by atoms with E-state index in [1.165, 1.54) is 12.8 Å². The smallest absolute Gasteiger partial charge is 0.227 e. The third kappa shape index (κ3) is 3.72. The van der Waals surface area contributed by atoms with Crippen LogP contribution in [-0.2, 0) is 11.2 Å². The molecule has 1 atom stereocenters. The van der Waals surface area contributed by atoms with Crippen LogP contribution in [0.5, 0.6) is 0 Å². The fourth-order valence-electron chi connectivity index (χ4n) is 2.79. The molecular formula is C16H24N2O. The second kappa shape index (κ2) is 6.60. The van der Waals surface area contributed by atoms with Crippen molar-refractivity contribution in [1.29, 1.82) is 0 Å². The van der Waals surface area contributed by atoms with E-state index in [0.717, 1.165) is 43.1 Å². The van der Waals surface area contributed by atoms with Crippen molar-refractivity contribution in [2.45, 2.75) is 39.0 Å². The Morgan fingerprint density at radius 2 is 2.11 bits per heavy atom. The summed E-state index contributed by atoms with van der Waals surface area (Å²) in [6.45, 7) is 4.05. The summed E-state index contributed by atoms with van der Waals surface area (Å²) in [5.74, 6) is 1.01. The molecule has 1 aromatic rings. The molecule has 1 aromatic carbocycles. The predicted molar refractivity (Wildman–Crippen MR) is 78.8 cm³/mol. The Kier molecular flexibility index (Phi) is 4.83. The molecule has 1 heterocycles. The van der Waals surface area contributed by atoms with Crippen molar-refractivity contribution in [3.8, 4) is 0 Å². The van der Waals surface area contributed by atoms with Crippen LogP contribution in [0.3, 0.4) is 0 Å². The van der Waals surface area contributed by atoms with Crippen molar-refractivity contribution in [2.24, 2.45) is 5.92 Å². The molecule has 3 nitrogen and oxygen atoms in total. The minimum Gasteiger partial charge on any atom is -0.398 e. The van der Waals surface area contributed by atoms with E-state index < -0.39 is 0 Å². The molecule has 19 heavy (non-hydrogen) atoms. The molecule has 1 aliphatic heterocycles. The highest BCUT2D eigenvalue weighted by atomic mass is 16.2. The molecule has 2 N–H and O–H groups in total. The van der Waals surface area contributed by atoms with E-state index in [4.69, 9.17) is 5.73 Å². The van der Waals surface area contributed by atoms with Gasteiger partial charge < -0.3 is 10.6 Å². The number of carbonyl (C=O) groups excluding carboxylic acids is 1. The molecule has 1 fully saturated rings. The van der Waals surface area contributed by atoms with Gasteiger partial charge in [-0.1, -0.05) is 31.5 Å². The number of hydrogen-bond donors (Lipinski definition) is 1. The normalized spacial score (nSPS) is 20.1. The molecule has 0 aliphatic carbocycles. The summed E-state index contributed by atoms with van der Waals surface area (Å²) >= 11 is 0. The number of carbonyl (C=O) groups is 1. The molecule has 0 spiro atoms. The number of anilines is 1. The van der Waals surface area contributed by atoms with Crippen LogP contribution >= 0.6 is 0 Å². The zero-order valence-electron chi connectivity index (χ0n) is 11.8. The Labute approximate surface area is 115 Å². The van der Waals surface area contributed by atoms with Crippen molar-refractivity contribution >= 4 is 11.6 Å². The maximum absolute atomic E-state index is 12.3. The van der Waals surface area contributed by atoms with Gasteiger partial charge in [-0.25, -0.2) is 0 Å². The molecule has 3 heteroatoms. The SMILES string of the molecule is CCC1CCCN(C(=O)Cc2ccccc2N)CC1. The standard InChI is InChI=1S/C16H24N2O/c1-2-13-6-5-10-18(11-9-13)16(19)12-14-7-3-4-8-15(14)17/h3-4,7-8,13H,2,5-6,9-12,17H2,1H3. The molecule has 1 saturated heterocycles. The van der Waals surface area contributed by atoms with Gasteiger partial charge in [-0.15, -0.1) is 0 Å². The first-order chi connectivity index (χ1) is 9.20. The van der Waals surface area contributed by atoms with Crippen molar-refractivity contribution in [3.63, 3.8) is 0 Å². The fraction of sp³-hybridized carbons (Fsp3) is 0.562. The molecule has 1 unspecified atom stereocenters. The number of likely N-dealkylation sites (tertiary alicyclic amines) is 1. The lowest BCUT2D eigenvalue weighted by atomic mass is 9.98. The summed E-state index contributed by atoms with van der Waals surface area (Å²) in [5, 5.41) is 0. The van der Waals surface area contributed by atoms with Gasteiger partial charge in [0, 0.05) is 18.8 Å².